The predicted octanol–water partition coefficient (Wildman–Crippen LogP) is 3.82. The molecular weight excluding hydrogens is 262 g/mol. The van der Waals surface area contributed by atoms with Gasteiger partial charge >= 0.3 is 0 Å². The van der Waals surface area contributed by atoms with Crippen molar-refractivity contribution >= 4 is 10.8 Å². The highest BCUT2D eigenvalue weighted by Crippen LogP contribution is 2.44. The van der Waals surface area contributed by atoms with E-state index in [1.165, 1.54) is 21.9 Å². The van der Waals surface area contributed by atoms with Crippen LogP contribution in [0.15, 0.2) is 42.6 Å². The minimum Gasteiger partial charge on any atom is -0.497 e. The molecule has 0 saturated heterocycles. The lowest BCUT2D eigenvalue weighted by Crippen LogP contribution is -2.05. The third kappa shape index (κ3) is 1.70. The maximum atomic E-state index is 5.59. The molecule has 1 heterocycles. The number of aromatic nitrogens is 1. The van der Waals surface area contributed by atoms with Crippen LogP contribution in [0.5, 0.6) is 11.5 Å². The average Bonchev–Trinajstić information content (AvgIpc) is 2.55. The quantitative estimate of drug-likeness (QED) is 0.558. The van der Waals surface area contributed by atoms with Crippen LogP contribution in [0.4, 0.5) is 0 Å². The SMILES string of the molecule is COc1ccc2c(c1)-c1c(OC)ccc3ccnc(c13)C2. The van der Waals surface area contributed by atoms with Crippen LogP contribution in [-0.2, 0) is 6.42 Å². The van der Waals surface area contributed by atoms with E-state index in [4.69, 9.17) is 9.47 Å². The molecule has 2 aromatic carbocycles. The van der Waals surface area contributed by atoms with Gasteiger partial charge in [-0.05, 0) is 40.8 Å². The molecule has 0 fully saturated rings. The molecule has 1 aromatic heterocycles. The van der Waals surface area contributed by atoms with Crippen molar-refractivity contribution in [2.45, 2.75) is 6.42 Å². The van der Waals surface area contributed by atoms with Gasteiger partial charge in [-0.2, -0.15) is 0 Å². The summed E-state index contributed by atoms with van der Waals surface area (Å²) >= 11 is 0. The van der Waals surface area contributed by atoms with E-state index >= 15 is 0 Å². The number of hydrogen-bond donors (Lipinski definition) is 0. The number of pyridine rings is 1. The number of fused-ring (bicyclic) bond motifs is 2. The van der Waals surface area contributed by atoms with Gasteiger partial charge in [-0.15, -0.1) is 0 Å². The Bertz CT molecular complexity index is 855. The minimum absolute atomic E-state index is 0.844. The second-order valence-electron chi connectivity index (χ2n) is 5.20. The first-order valence-corrected chi connectivity index (χ1v) is 6.93. The highest BCUT2D eigenvalue weighted by Gasteiger charge is 2.23. The number of nitrogens with zero attached hydrogens (tertiary/aromatic N) is 1. The van der Waals surface area contributed by atoms with Gasteiger partial charge in [-0.1, -0.05) is 12.1 Å². The molecule has 4 rings (SSSR count). The summed E-state index contributed by atoms with van der Waals surface area (Å²) in [4.78, 5) is 4.57. The van der Waals surface area contributed by atoms with E-state index in [1.54, 1.807) is 14.2 Å². The van der Waals surface area contributed by atoms with Crippen LogP contribution in [-0.4, -0.2) is 19.2 Å². The van der Waals surface area contributed by atoms with Gasteiger partial charge < -0.3 is 9.47 Å². The summed E-state index contributed by atoms with van der Waals surface area (Å²) in [7, 11) is 3.40. The Morgan fingerprint density at radius 2 is 1.90 bits per heavy atom. The Morgan fingerprint density at radius 1 is 1.00 bits per heavy atom. The summed E-state index contributed by atoms with van der Waals surface area (Å²) < 4.78 is 11.0. The van der Waals surface area contributed by atoms with Crippen LogP contribution < -0.4 is 9.47 Å². The maximum Gasteiger partial charge on any atom is 0.127 e. The van der Waals surface area contributed by atoms with Gasteiger partial charge in [-0.3, -0.25) is 4.98 Å². The van der Waals surface area contributed by atoms with E-state index in [0.29, 0.717) is 0 Å². The van der Waals surface area contributed by atoms with Gasteiger partial charge in [0.05, 0.1) is 19.9 Å². The Hall–Kier alpha value is -2.55. The smallest absolute Gasteiger partial charge is 0.127 e. The summed E-state index contributed by atoms with van der Waals surface area (Å²) in [5.74, 6) is 1.74. The van der Waals surface area contributed by atoms with Crippen molar-refractivity contribution in [1.82, 2.24) is 4.98 Å². The third-order valence-corrected chi connectivity index (χ3v) is 4.14. The second kappa shape index (κ2) is 4.48. The van der Waals surface area contributed by atoms with Crippen LogP contribution in [0, 0.1) is 0 Å². The normalized spacial score (nSPS) is 12.1. The lowest BCUT2D eigenvalue weighted by molar-refractivity contribution is 0.413. The molecule has 0 atom stereocenters. The molecule has 0 amide bonds. The summed E-state index contributed by atoms with van der Waals surface area (Å²) in [6.45, 7) is 0. The Balaban J connectivity index is 2.15. The molecule has 0 bridgehead atoms. The van der Waals surface area contributed by atoms with Gasteiger partial charge in [0.25, 0.3) is 0 Å². The molecular formula is C18H15NO2. The molecule has 0 saturated carbocycles. The fourth-order valence-electron chi connectivity index (χ4n) is 3.14. The highest BCUT2D eigenvalue weighted by molar-refractivity contribution is 6.03. The van der Waals surface area contributed by atoms with Crippen molar-refractivity contribution in [2.24, 2.45) is 0 Å². The largest absolute Gasteiger partial charge is 0.497 e. The molecule has 0 unspecified atom stereocenters. The van der Waals surface area contributed by atoms with Crippen molar-refractivity contribution in [3.05, 3.63) is 53.9 Å². The molecule has 3 nitrogen and oxygen atoms in total. The van der Waals surface area contributed by atoms with E-state index in [2.05, 4.69) is 23.2 Å². The zero-order valence-corrected chi connectivity index (χ0v) is 12.0. The summed E-state index contributed by atoms with van der Waals surface area (Å²) in [6.07, 6.45) is 2.72. The summed E-state index contributed by atoms with van der Waals surface area (Å²) in [5.41, 5.74) is 4.67. The fraction of sp³-hybridized carbons (Fsp3) is 0.167. The Labute approximate surface area is 123 Å². The second-order valence-corrected chi connectivity index (χ2v) is 5.20. The van der Waals surface area contributed by atoms with E-state index in [9.17, 15) is 0 Å². The number of ether oxygens (including phenoxy) is 2. The van der Waals surface area contributed by atoms with Crippen molar-refractivity contribution in [3.63, 3.8) is 0 Å². The van der Waals surface area contributed by atoms with Crippen LogP contribution in [0.25, 0.3) is 21.9 Å². The molecule has 1 aliphatic rings. The lowest BCUT2D eigenvalue weighted by atomic mass is 9.85. The van der Waals surface area contributed by atoms with Crippen LogP contribution >= 0.6 is 0 Å². The van der Waals surface area contributed by atoms with Gasteiger partial charge in [0.15, 0.2) is 0 Å². The monoisotopic (exact) mass is 277 g/mol. The fourth-order valence-corrected chi connectivity index (χ4v) is 3.14. The van der Waals surface area contributed by atoms with Crippen molar-refractivity contribution < 1.29 is 9.47 Å². The predicted molar refractivity (Wildman–Crippen MR) is 83.1 cm³/mol. The van der Waals surface area contributed by atoms with Gasteiger partial charge in [0, 0.05) is 23.6 Å². The van der Waals surface area contributed by atoms with Crippen LogP contribution in [0.1, 0.15) is 11.3 Å². The molecule has 3 aromatic rings. The van der Waals surface area contributed by atoms with Crippen LogP contribution in [0.2, 0.25) is 0 Å². The molecule has 0 spiro atoms. The van der Waals surface area contributed by atoms with E-state index in [0.717, 1.165) is 29.2 Å². The third-order valence-electron chi connectivity index (χ3n) is 4.14. The molecule has 0 aliphatic heterocycles. The van der Waals surface area contributed by atoms with E-state index in [-0.39, 0.29) is 0 Å². The van der Waals surface area contributed by atoms with Crippen molar-refractivity contribution in [1.29, 1.82) is 0 Å². The summed E-state index contributed by atoms with van der Waals surface area (Å²) in [5, 5.41) is 2.39. The lowest BCUT2D eigenvalue weighted by Gasteiger charge is -2.22. The minimum atomic E-state index is 0.844. The van der Waals surface area contributed by atoms with Crippen molar-refractivity contribution in [2.75, 3.05) is 14.2 Å². The Kier molecular flexibility index (Phi) is 2.61. The maximum absolute atomic E-state index is 5.59. The summed E-state index contributed by atoms with van der Waals surface area (Å²) in [6, 6.07) is 12.4. The molecule has 1 aliphatic carbocycles. The molecule has 0 radical (unpaired) electrons. The van der Waals surface area contributed by atoms with E-state index < -0.39 is 0 Å². The van der Waals surface area contributed by atoms with Crippen LogP contribution in [0.3, 0.4) is 0 Å². The first-order valence-electron chi connectivity index (χ1n) is 6.93. The number of rotatable bonds is 2. The first kappa shape index (κ1) is 12.2. The molecule has 0 N–H and O–H groups in total. The number of methoxy groups -OCH3 is 2. The molecule has 21 heavy (non-hydrogen) atoms. The number of hydrogen-bond acceptors (Lipinski definition) is 3. The zero-order chi connectivity index (χ0) is 14.4. The first-order chi connectivity index (χ1) is 10.3. The zero-order valence-electron chi connectivity index (χ0n) is 12.0. The molecule has 3 heteroatoms. The standard InChI is InChI=1S/C18H15NO2/c1-20-13-5-3-12-9-15-17-11(7-8-19-15)4-6-16(21-2)18(17)14(12)10-13/h3-8,10H,9H2,1-2H3. The van der Waals surface area contributed by atoms with Gasteiger partial charge in [-0.25, -0.2) is 0 Å². The molecule has 104 valence electrons. The van der Waals surface area contributed by atoms with Gasteiger partial charge in [0.2, 0.25) is 0 Å². The van der Waals surface area contributed by atoms with Gasteiger partial charge in [0.1, 0.15) is 11.5 Å². The van der Waals surface area contributed by atoms with E-state index in [1.807, 2.05) is 24.4 Å². The Morgan fingerprint density at radius 3 is 2.71 bits per heavy atom. The topological polar surface area (TPSA) is 31.4 Å². The van der Waals surface area contributed by atoms with Crippen molar-refractivity contribution in [3.8, 4) is 22.6 Å². The average molecular weight is 277 g/mol. The number of benzene rings is 2. The highest BCUT2D eigenvalue weighted by atomic mass is 16.5.